The van der Waals surface area contributed by atoms with Gasteiger partial charge in [-0.05, 0) is 27.7 Å². The predicted molar refractivity (Wildman–Crippen MR) is 60.0 cm³/mol. The van der Waals surface area contributed by atoms with E-state index in [-0.39, 0.29) is 18.9 Å². The molecule has 0 bridgehead atoms. The lowest BCUT2D eigenvalue weighted by Gasteiger charge is -2.25. The molecule has 1 N–H and O–H groups in total. The maximum Gasteiger partial charge on any atom is 0.315 e. The summed E-state index contributed by atoms with van der Waals surface area (Å²) in [6.07, 6.45) is -0.247. The second kappa shape index (κ2) is 7.22. The number of rotatable bonds is 7. The number of ether oxygens (including phenoxy) is 2. The lowest BCUT2D eigenvalue weighted by atomic mass is 10.1. The minimum absolute atomic E-state index is 0.247. The van der Waals surface area contributed by atoms with E-state index in [1.54, 1.807) is 6.92 Å². The molecule has 0 rings (SSSR count). The van der Waals surface area contributed by atoms with Gasteiger partial charge in [-0.3, -0.25) is 9.59 Å². The first-order valence-corrected chi connectivity index (χ1v) is 5.45. The van der Waals surface area contributed by atoms with Crippen LogP contribution in [0.15, 0.2) is 0 Å². The van der Waals surface area contributed by atoms with Crippen molar-refractivity contribution in [2.45, 2.75) is 39.7 Å². The summed E-state index contributed by atoms with van der Waals surface area (Å²) in [5.74, 6) is -0.852. The molecule has 0 unspecified atom stereocenters. The van der Waals surface area contributed by atoms with Gasteiger partial charge in [0.1, 0.15) is 6.42 Å². The quantitative estimate of drug-likeness (QED) is 0.521. The van der Waals surface area contributed by atoms with Crippen molar-refractivity contribution in [2.75, 3.05) is 19.8 Å². The molecule has 0 aromatic heterocycles. The average Bonchev–Trinajstić information content (AvgIpc) is 2.13. The lowest BCUT2D eigenvalue weighted by Crippen LogP contribution is -2.47. The first-order chi connectivity index (χ1) is 7.41. The molecule has 0 aromatic rings. The Morgan fingerprint density at radius 3 is 2.31 bits per heavy atom. The summed E-state index contributed by atoms with van der Waals surface area (Å²) in [5, 5.41) is 2.72. The minimum Gasteiger partial charge on any atom is -0.466 e. The van der Waals surface area contributed by atoms with Crippen LogP contribution >= 0.6 is 0 Å². The summed E-state index contributed by atoms with van der Waals surface area (Å²) < 4.78 is 9.90. The summed E-state index contributed by atoms with van der Waals surface area (Å²) >= 11 is 0. The fourth-order valence-electron chi connectivity index (χ4n) is 1.16. The molecule has 0 heterocycles. The van der Waals surface area contributed by atoms with E-state index in [4.69, 9.17) is 4.74 Å². The molecule has 1 amide bonds. The molecule has 0 radical (unpaired) electrons. The van der Waals surface area contributed by atoms with E-state index in [9.17, 15) is 9.59 Å². The molecular formula is C11H21NO4. The van der Waals surface area contributed by atoms with Gasteiger partial charge in [-0.1, -0.05) is 0 Å². The Bertz CT molecular complexity index is 238. The van der Waals surface area contributed by atoms with Crippen LogP contribution < -0.4 is 5.32 Å². The van der Waals surface area contributed by atoms with E-state index in [1.165, 1.54) is 0 Å². The molecule has 16 heavy (non-hydrogen) atoms. The van der Waals surface area contributed by atoms with Crippen molar-refractivity contribution in [2.24, 2.45) is 0 Å². The molecule has 0 aromatic carbocycles. The fourth-order valence-corrected chi connectivity index (χ4v) is 1.16. The maximum absolute atomic E-state index is 11.4. The zero-order valence-corrected chi connectivity index (χ0v) is 10.5. The van der Waals surface area contributed by atoms with Crippen molar-refractivity contribution in [1.29, 1.82) is 0 Å². The van der Waals surface area contributed by atoms with Crippen molar-refractivity contribution in [3.63, 3.8) is 0 Å². The predicted octanol–water partition coefficient (Wildman–Crippen LogP) is 0.871. The second-order valence-corrected chi connectivity index (χ2v) is 4.05. The average molecular weight is 231 g/mol. The molecule has 0 atom stereocenters. The summed E-state index contributed by atoms with van der Waals surface area (Å²) in [6, 6.07) is 0. The highest BCUT2D eigenvalue weighted by atomic mass is 16.5. The number of carbonyl (C=O) groups excluding carboxylic acids is 2. The van der Waals surface area contributed by atoms with Crippen LogP contribution in [0, 0.1) is 0 Å². The Morgan fingerprint density at radius 2 is 1.81 bits per heavy atom. The van der Waals surface area contributed by atoms with Gasteiger partial charge in [0, 0.05) is 6.61 Å². The highest BCUT2D eigenvalue weighted by Gasteiger charge is 2.22. The fraction of sp³-hybridized carbons (Fsp3) is 0.818. The summed E-state index contributed by atoms with van der Waals surface area (Å²) in [5.41, 5.74) is -0.473. The van der Waals surface area contributed by atoms with Crippen LogP contribution in [0.1, 0.15) is 34.1 Å². The Hall–Kier alpha value is -1.10. The van der Waals surface area contributed by atoms with Gasteiger partial charge >= 0.3 is 5.97 Å². The van der Waals surface area contributed by atoms with Crippen molar-refractivity contribution >= 4 is 11.9 Å². The van der Waals surface area contributed by atoms with Gasteiger partial charge in [-0.25, -0.2) is 0 Å². The number of carbonyl (C=O) groups is 2. The lowest BCUT2D eigenvalue weighted by molar-refractivity contribution is -0.146. The normalized spacial score (nSPS) is 11.0. The van der Waals surface area contributed by atoms with Crippen LogP contribution in [0.5, 0.6) is 0 Å². The van der Waals surface area contributed by atoms with Gasteiger partial charge in [-0.15, -0.1) is 0 Å². The number of amides is 1. The first kappa shape index (κ1) is 14.9. The zero-order valence-electron chi connectivity index (χ0n) is 10.5. The van der Waals surface area contributed by atoms with Crippen LogP contribution in [0.3, 0.4) is 0 Å². The van der Waals surface area contributed by atoms with Gasteiger partial charge in [0.05, 0.1) is 18.8 Å². The van der Waals surface area contributed by atoms with Gasteiger partial charge in [0.2, 0.25) is 5.91 Å². The molecule has 0 saturated carbocycles. The van der Waals surface area contributed by atoms with Crippen molar-refractivity contribution in [3.05, 3.63) is 0 Å². The summed E-state index contributed by atoms with van der Waals surface area (Å²) in [4.78, 5) is 22.5. The number of esters is 1. The van der Waals surface area contributed by atoms with Crippen LogP contribution in [-0.4, -0.2) is 37.2 Å². The third kappa shape index (κ3) is 7.23. The largest absolute Gasteiger partial charge is 0.466 e. The first-order valence-electron chi connectivity index (χ1n) is 5.45. The molecule has 0 aliphatic heterocycles. The van der Waals surface area contributed by atoms with E-state index in [2.05, 4.69) is 10.1 Å². The zero-order chi connectivity index (χ0) is 12.6. The molecule has 0 saturated heterocycles. The monoisotopic (exact) mass is 231 g/mol. The van der Waals surface area contributed by atoms with Crippen molar-refractivity contribution < 1.29 is 19.1 Å². The molecule has 5 nitrogen and oxygen atoms in total. The molecule has 5 heteroatoms. The van der Waals surface area contributed by atoms with Crippen LogP contribution in [0.4, 0.5) is 0 Å². The molecule has 0 aliphatic carbocycles. The number of hydrogen-bond donors (Lipinski definition) is 1. The highest BCUT2D eigenvalue weighted by Crippen LogP contribution is 2.03. The highest BCUT2D eigenvalue weighted by molar-refractivity contribution is 5.94. The van der Waals surface area contributed by atoms with Crippen LogP contribution in [-0.2, 0) is 19.1 Å². The Kier molecular flexibility index (Phi) is 6.72. The molecule has 0 spiro atoms. The standard InChI is InChI=1S/C11H21NO4/c1-5-15-8-11(3,4)12-9(13)7-10(14)16-6-2/h5-8H2,1-4H3,(H,12,13). The van der Waals surface area contributed by atoms with E-state index >= 15 is 0 Å². The van der Waals surface area contributed by atoms with E-state index in [1.807, 2.05) is 20.8 Å². The minimum atomic E-state index is -0.507. The molecular weight excluding hydrogens is 210 g/mol. The third-order valence-corrected chi connectivity index (χ3v) is 1.76. The molecule has 94 valence electrons. The maximum atomic E-state index is 11.4. The van der Waals surface area contributed by atoms with Crippen LogP contribution in [0.25, 0.3) is 0 Å². The van der Waals surface area contributed by atoms with Gasteiger partial charge in [0.15, 0.2) is 0 Å². The molecule has 0 aliphatic rings. The topological polar surface area (TPSA) is 64.6 Å². The summed E-state index contributed by atoms with van der Waals surface area (Å²) in [6.45, 7) is 8.56. The van der Waals surface area contributed by atoms with Crippen molar-refractivity contribution in [3.8, 4) is 0 Å². The molecule has 0 fully saturated rings. The van der Waals surface area contributed by atoms with Gasteiger partial charge in [-0.2, -0.15) is 0 Å². The van der Waals surface area contributed by atoms with Crippen LogP contribution in [0.2, 0.25) is 0 Å². The second-order valence-electron chi connectivity index (χ2n) is 4.05. The van der Waals surface area contributed by atoms with E-state index in [0.717, 1.165) is 0 Å². The van der Waals surface area contributed by atoms with E-state index < -0.39 is 11.5 Å². The van der Waals surface area contributed by atoms with Crippen molar-refractivity contribution in [1.82, 2.24) is 5.32 Å². The SMILES string of the molecule is CCOCC(C)(C)NC(=O)CC(=O)OCC. The van der Waals surface area contributed by atoms with Gasteiger partial charge in [0.25, 0.3) is 0 Å². The smallest absolute Gasteiger partial charge is 0.315 e. The Balaban J connectivity index is 3.97. The Labute approximate surface area is 96.5 Å². The number of nitrogens with one attached hydrogen (secondary N) is 1. The number of hydrogen-bond acceptors (Lipinski definition) is 4. The third-order valence-electron chi connectivity index (χ3n) is 1.76. The van der Waals surface area contributed by atoms with Gasteiger partial charge < -0.3 is 14.8 Å². The Morgan fingerprint density at radius 1 is 1.19 bits per heavy atom. The van der Waals surface area contributed by atoms with E-state index in [0.29, 0.717) is 13.2 Å². The summed E-state index contributed by atoms with van der Waals surface area (Å²) in [7, 11) is 0.